The van der Waals surface area contributed by atoms with Crippen molar-refractivity contribution in [1.29, 1.82) is 0 Å². The minimum Gasteiger partial charge on any atom is -0.376 e. The molecule has 2 heterocycles. The molecule has 0 saturated heterocycles. The number of ether oxygens (including phenoxy) is 1. The van der Waals surface area contributed by atoms with Crippen LogP contribution in [0.4, 0.5) is 0 Å². The molecule has 4 heteroatoms. The van der Waals surface area contributed by atoms with Gasteiger partial charge in [0, 0.05) is 17.7 Å². The summed E-state index contributed by atoms with van der Waals surface area (Å²) in [6.45, 7) is 5.37. The second kappa shape index (κ2) is 3.55. The number of thioether (sulfide) groups is 1. The number of aliphatic imine (C=N–C) groups is 1. The fraction of sp³-hybridized carbons (Fsp3) is 0.444. The van der Waals surface area contributed by atoms with Crippen molar-refractivity contribution in [2.45, 2.75) is 6.42 Å². The molecule has 70 valence electrons. The molecule has 0 aliphatic carbocycles. The van der Waals surface area contributed by atoms with Crippen molar-refractivity contribution in [3.05, 3.63) is 23.5 Å². The van der Waals surface area contributed by atoms with Gasteiger partial charge in [0.15, 0.2) is 5.17 Å². The molecule has 0 radical (unpaired) electrons. The van der Waals surface area contributed by atoms with Crippen LogP contribution in [0.1, 0.15) is 6.42 Å². The summed E-state index contributed by atoms with van der Waals surface area (Å²) < 4.78 is 5.34. The van der Waals surface area contributed by atoms with Crippen LogP contribution < -0.4 is 5.32 Å². The van der Waals surface area contributed by atoms with Gasteiger partial charge >= 0.3 is 0 Å². The molecule has 0 aromatic carbocycles. The third kappa shape index (κ3) is 1.64. The zero-order chi connectivity index (χ0) is 9.26. The van der Waals surface area contributed by atoms with Crippen molar-refractivity contribution in [1.82, 2.24) is 5.32 Å². The first-order valence-corrected chi connectivity index (χ1v) is 5.42. The molecular weight excluding hydrogens is 184 g/mol. The molecule has 0 aromatic rings. The smallest absolute Gasteiger partial charge is 0.165 e. The van der Waals surface area contributed by atoms with Crippen LogP contribution in [-0.2, 0) is 4.74 Å². The molecule has 13 heavy (non-hydrogen) atoms. The van der Waals surface area contributed by atoms with Gasteiger partial charge in [-0.05, 0) is 6.26 Å². The Hall–Kier alpha value is -0.740. The fourth-order valence-corrected chi connectivity index (χ4v) is 1.84. The Kier molecular flexibility index (Phi) is 2.42. The molecule has 0 saturated carbocycles. The van der Waals surface area contributed by atoms with Gasteiger partial charge in [-0.3, -0.25) is 0 Å². The van der Waals surface area contributed by atoms with E-state index >= 15 is 0 Å². The van der Waals surface area contributed by atoms with Gasteiger partial charge in [0.05, 0.1) is 18.9 Å². The number of hydrogen-bond acceptors (Lipinski definition) is 4. The van der Waals surface area contributed by atoms with Gasteiger partial charge in [-0.2, -0.15) is 0 Å². The van der Waals surface area contributed by atoms with Gasteiger partial charge in [-0.1, -0.05) is 18.3 Å². The molecule has 0 fully saturated rings. The van der Waals surface area contributed by atoms with Crippen molar-refractivity contribution < 1.29 is 4.74 Å². The van der Waals surface area contributed by atoms with Gasteiger partial charge in [-0.15, -0.1) is 0 Å². The van der Waals surface area contributed by atoms with Crippen molar-refractivity contribution in [3.8, 4) is 0 Å². The highest BCUT2D eigenvalue weighted by atomic mass is 32.2. The largest absolute Gasteiger partial charge is 0.376 e. The maximum absolute atomic E-state index is 5.34. The van der Waals surface area contributed by atoms with Crippen LogP contribution >= 0.6 is 11.8 Å². The van der Waals surface area contributed by atoms with Crippen LogP contribution in [-0.4, -0.2) is 24.6 Å². The molecule has 0 aromatic heterocycles. The van der Waals surface area contributed by atoms with E-state index in [1.807, 2.05) is 6.26 Å². The molecule has 0 atom stereocenters. The Labute approximate surface area is 81.9 Å². The van der Waals surface area contributed by atoms with Gasteiger partial charge in [-0.25, -0.2) is 4.99 Å². The summed E-state index contributed by atoms with van der Waals surface area (Å²) in [5.74, 6) is 0. The SMILES string of the molecule is C=C1NC(SC)=NC2=C1COCC2. The van der Waals surface area contributed by atoms with Crippen LogP contribution in [0.2, 0.25) is 0 Å². The zero-order valence-electron chi connectivity index (χ0n) is 7.59. The molecule has 0 amide bonds. The Bertz CT molecular complexity index is 307. The molecule has 0 bridgehead atoms. The van der Waals surface area contributed by atoms with Crippen LogP contribution in [0.5, 0.6) is 0 Å². The monoisotopic (exact) mass is 196 g/mol. The van der Waals surface area contributed by atoms with E-state index in [0.717, 1.165) is 35.2 Å². The summed E-state index contributed by atoms with van der Waals surface area (Å²) in [7, 11) is 0. The van der Waals surface area contributed by atoms with E-state index in [0.29, 0.717) is 6.61 Å². The molecule has 2 rings (SSSR count). The van der Waals surface area contributed by atoms with Gasteiger partial charge in [0.1, 0.15) is 0 Å². The quantitative estimate of drug-likeness (QED) is 0.637. The molecule has 1 N–H and O–H groups in total. The molecule has 3 nitrogen and oxygen atoms in total. The molecule has 0 spiro atoms. The second-order valence-corrected chi connectivity index (χ2v) is 3.75. The summed E-state index contributed by atoms with van der Waals surface area (Å²) >= 11 is 1.61. The van der Waals surface area contributed by atoms with Crippen molar-refractivity contribution in [2.24, 2.45) is 4.99 Å². The predicted octanol–water partition coefficient (Wildman–Crippen LogP) is 1.50. The maximum Gasteiger partial charge on any atom is 0.165 e. The minimum atomic E-state index is 0.645. The van der Waals surface area contributed by atoms with E-state index in [2.05, 4.69) is 16.9 Å². The zero-order valence-corrected chi connectivity index (χ0v) is 8.41. The van der Waals surface area contributed by atoms with E-state index < -0.39 is 0 Å². The van der Waals surface area contributed by atoms with Crippen LogP contribution in [0, 0.1) is 0 Å². The molecule has 2 aliphatic heterocycles. The van der Waals surface area contributed by atoms with Gasteiger partial charge in [0.25, 0.3) is 0 Å². The standard InChI is InChI=1S/C9H12N2OS/c1-6-7-5-12-4-3-8(7)11-9(10-6)13-2/h1,3-5H2,2H3,(H,10,11). The Morgan fingerprint density at radius 1 is 1.62 bits per heavy atom. The molecular formula is C9H12N2OS. The lowest BCUT2D eigenvalue weighted by molar-refractivity contribution is 0.147. The van der Waals surface area contributed by atoms with Crippen LogP contribution in [0.25, 0.3) is 0 Å². The van der Waals surface area contributed by atoms with Gasteiger partial charge < -0.3 is 10.1 Å². The normalized spacial score (nSPS) is 22.2. The van der Waals surface area contributed by atoms with E-state index in [9.17, 15) is 0 Å². The maximum atomic E-state index is 5.34. The summed E-state index contributed by atoms with van der Waals surface area (Å²) in [6, 6.07) is 0. The highest BCUT2D eigenvalue weighted by Gasteiger charge is 2.20. The van der Waals surface area contributed by atoms with E-state index in [-0.39, 0.29) is 0 Å². The Morgan fingerprint density at radius 3 is 3.23 bits per heavy atom. The summed E-state index contributed by atoms with van der Waals surface area (Å²) in [6.07, 6.45) is 2.91. The second-order valence-electron chi connectivity index (χ2n) is 2.95. The molecule has 2 aliphatic rings. The first-order chi connectivity index (χ1) is 6.31. The molecule has 0 unspecified atom stereocenters. The topological polar surface area (TPSA) is 33.6 Å². The van der Waals surface area contributed by atoms with E-state index in [1.165, 1.54) is 0 Å². The Morgan fingerprint density at radius 2 is 2.46 bits per heavy atom. The summed E-state index contributed by atoms with van der Waals surface area (Å²) in [4.78, 5) is 4.48. The Balaban J connectivity index is 2.33. The highest BCUT2D eigenvalue weighted by molar-refractivity contribution is 8.13. The van der Waals surface area contributed by atoms with Crippen molar-refractivity contribution >= 4 is 16.9 Å². The lowest BCUT2D eigenvalue weighted by atomic mass is 10.1. The van der Waals surface area contributed by atoms with E-state index in [1.54, 1.807) is 11.8 Å². The highest BCUT2D eigenvalue weighted by Crippen LogP contribution is 2.25. The lowest BCUT2D eigenvalue weighted by Gasteiger charge is -2.25. The number of nitrogens with one attached hydrogen (secondary N) is 1. The van der Waals surface area contributed by atoms with Crippen LogP contribution in [0.3, 0.4) is 0 Å². The number of amidine groups is 1. The van der Waals surface area contributed by atoms with Crippen molar-refractivity contribution in [2.75, 3.05) is 19.5 Å². The lowest BCUT2D eigenvalue weighted by Crippen LogP contribution is -2.28. The predicted molar refractivity (Wildman–Crippen MR) is 55.7 cm³/mol. The minimum absolute atomic E-state index is 0.645. The third-order valence-corrected chi connectivity index (χ3v) is 2.71. The summed E-state index contributed by atoms with van der Waals surface area (Å²) in [5.41, 5.74) is 3.21. The average molecular weight is 196 g/mol. The van der Waals surface area contributed by atoms with Gasteiger partial charge in [0.2, 0.25) is 0 Å². The first-order valence-electron chi connectivity index (χ1n) is 4.20. The number of hydrogen-bond donors (Lipinski definition) is 1. The average Bonchev–Trinajstić information content (AvgIpc) is 2.18. The van der Waals surface area contributed by atoms with E-state index in [4.69, 9.17) is 4.74 Å². The number of rotatable bonds is 0. The third-order valence-electron chi connectivity index (χ3n) is 2.13. The fourth-order valence-electron chi connectivity index (χ4n) is 1.41. The first kappa shape index (κ1) is 8.84. The van der Waals surface area contributed by atoms with Crippen LogP contribution in [0.15, 0.2) is 28.5 Å². The summed E-state index contributed by atoms with van der Waals surface area (Å²) in [5, 5.41) is 4.08. The van der Waals surface area contributed by atoms with Crippen molar-refractivity contribution in [3.63, 3.8) is 0 Å². The number of nitrogens with zero attached hydrogens (tertiary/aromatic N) is 1.